The lowest BCUT2D eigenvalue weighted by atomic mass is 10.1. The highest BCUT2D eigenvalue weighted by Gasteiger charge is 2.13. The number of nitrogens with zero attached hydrogens (tertiary/aromatic N) is 1. The number of aryl methyl sites for hydroxylation is 1. The van der Waals surface area contributed by atoms with Gasteiger partial charge < -0.3 is 10.1 Å². The first kappa shape index (κ1) is 19.2. The van der Waals surface area contributed by atoms with Crippen LogP contribution in [-0.4, -0.2) is 24.1 Å². The minimum Gasteiger partial charge on any atom is -0.494 e. The molecule has 26 heavy (non-hydrogen) atoms. The largest absolute Gasteiger partial charge is 0.494 e. The number of rotatable bonds is 6. The lowest BCUT2D eigenvalue weighted by molar-refractivity contribution is -0.136. The van der Waals surface area contributed by atoms with Crippen molar-refractivity contribution in [1.82, 2.24) is 5.43 Å². The fourth-order valence-corrected chi connectivity index (χ4v) is 2.09. The zero-order valence-corrected chi connectivity index (χ0v) is 15.2. The molecule has 0 unspecified atom stereocenters. The van der Waals surface area contributed by atoms with E-state index in [0.29, 0.717) is 18.0 Å². The molecule has 2 aromatic carbocycles. The van der Waals surface area contributed by atoms with E-state index in [1.54, 1.807) is 19.1 Å². The predicted octanol–water partition coefficient (Wildman–Crippen LogP) is 3.26. The van der Waals surface area contributed by atoms with E-state index in [1.807, 2.05) is 50.2 Å². The SMILES string of the molecule is CCCOc1ccc(/C(C)=N\NC(=O)C(=O)Nc2ccc(C)cc2)cc1. The lowest BCUT2D eigenvalue weighted by Gasteiger charge is -2.07. The number of benzene rings is 2. The Bertz CT molecular complexity index is 781. The summed E-state index contributed by atoms with van der Waals surface area (Å²) in [5, 5.41) is 6.50. The van der Waals surface area contributed by atoms with Gasteiger partial charge in [0.15, 0.2) is 0 Å². The molecule has 0 aromatic heterocycles. The number of anilines is 1. The van der Waals surface area contributed by atoms with Gasteiger partial charge in [0, 0.05) is 5.69 Å². The second-order valence-corrected chi connectivity index (χ2v) is 5.83. The topological polar surface area (TPSA) is 79.8 Å². The number of hydrazone groups is 1. The molecule has 2 aromatic rings. The van der Waals surface area contributed by atoms with Crippen LogP contribution in [0.3, 0.4) is 0 Å². The lowest BCUT2D eigenvalue weighted by Crippen LogP contribution is -2.32. The minimum atomic E-state index is -0.826. The number of ether oxygens (including phenoxy) is 1. The fourth-order valence-electron chi connectivity index (χ4n) is 2.09. The molecule has 0 radical (unpaired) electrons. The van der Waals surface area contributed by atoms with Crippen LogP contribution in [0.2, 0.25) is 0 Å². The number of amides is 2. The zero-order chi connectivity index (χ0) is 18.9. The number of carbonyl (C=O) groups is 2. The Labute approximate surface area is 153 Å². The van der Waals surface area contributed by atoms with Crippen LogP contribution < -0.4 is 15.5 Å². The maximum Gasteiger partial charge on any atom is 0.329 e. The standard InChI is InChI=1S/C20H23N3O3/c1-4-13-26-18-11-7-16(8-12-18)15(3)22-23-20(25)19(24)21-17-9-5-14(2)6-10-17/h5-12H,4,13H2,1-3H3,(H,21,24)(H,23,25)/b22-15-. The molecule has 2 rings (SSSR count). The van der Waals surface area contributed by atoms with E-state index in [4.69, 9.17) is 4.74 Å². The summed E-state index contributed by atoms with van der Waals surface area (Å²) in [5.74, 6) is -0.813. The second kappa shape index (κ2) is 9.36. The Morgan fingerprint density at radius 1 is 1.00 bits per heavy atom. The third kappa shape index (κ3) is 5.73. The Kier molecular flexibility index (Phi) is 6.91. The molecule has 2 N–H and O–H groups in total. The molecule has 0 saturated carbocycles. The average Bonchev–Trinajstić information content (AvgIpc) is 2.66. The van der Waals surface area contributed by atoms with E-state index in [2.05, 4.69) is 15.8 Å². The molecule has 6 heteroatoms. The monoisotopic (exact) mass is 353 g/mol. The van der Waals surface area contributed by atoms with E-state index in [9.17, 15) is 9.59 Å². The highest BCUT2D eigenvalue weighted by Crippen LogP contribution is 2.13. The molecule has 0 bridgehead atoms. The van der Waals surface area contributed by atoms with E-state index in [1.165, 1.54) is 0 Å². The molecular formula is C20H23N3O3. The van der Waals surface area contributed by atoms with Crippen molar-refractivity contribution < 1.29 is 14.3 Å². The summed E-state index contributed by atoms with van der Waals surface area (Å²) in [6, 6.07) is 14.6. The van der Waals surface area contributed by atoms with Crippen molar-refractivity contribution in [2.24, 2.45) is 5.10 Å². The van der Waals surface area contributed by atoms with Crippen molar-refractivity contribution in [2.45, 2.75) is 27.2 Å². The highest BCUT2D eigenvalue weighted by molar-refractivity contribution is 6.39. The normalized spacial score (nSPS) is 11.0. The van der Waals surface area contributed by atoms with Crippen molar-refractivity contribution in [3.63, 3.8) is 0 Å². The molecule has 0 aliphatic heterocycles. The van der Waals surface area contributed by atoms with Gasteiger partial charge in [-0.25, -0.2) is 5.43 Å². The Morgan fingerprint density at radius 2 is 1.65 bits per heavy atom. The Hall–Kier alpha value is -3.15. The van der Waals surface area contributed by atoms with Crippen molar-refractivity contribution in [1.29, 1.82) is 0 Å². The first-order valence-electron chi connectivity index (χ1n) is 8.45. The molecule has 0 saturated heterocycles. The van der Waals surface area contributed by atoms with Crippen molar-refractivity contribution >= 4 is 23.2 Å². The van der Waals surface area contributed by atoms with Crippen LogP contribution in [0, 0.1) is 6.92 Å². The molecule has 0 aliphatic carbocycles. The first-order valence-corrected chi connectivity index (χ1v) is 8.45. The summed E-state index contributed by atoms with van der Waals surface area (Å²) < 4.78 is 5.52. The summed E-state index contributed by atoms with van der Waals surface area (Å²) in [7, 11) is 0. The summed E-state index contributed by atoms with van der Waals surface area (Å²) in [5.41, 5.74) is 5.30. The quantitative estimate of drug-likeness (QED) is 0.475. The fraction of sp³-hybridized carbons (Fsp3) is 0.250. The van der Waals surface area contributed by atoms with Gasteiger partial charge >= 0.3 is 11.8 Å². The van der Waals surface area contributed by atoms with Crippen LogP contribution >= 0.6 is 0 Å². The third-order valence-electron chi connectivity index (χ3n) is 3.59. The first-order chi connectivity index (χ1) is 12.5. The summed E-state index contributed by atoms with van der Waals surface area (Å²) in [4.78, 5) is 23.8. The molecule has 0 atom stereocenters. The van der Waals surface area contributed by atoms with Crippen LogP contribution in [0.15, 0.2) is 53.6 Å². The summed E-state index contributed by atoms with van der Waals surface area (Å²) in [6.45, 7) is 6.40. The zero-order valence-electron chi connectivity index (χ0n) is 15.2. The van der Waals surface area contributed by atoms with Crippen LogP contribution in [0.25, 0.3) is 0 Å². The van der Waals surface area contributed by atoms with Crippen LogP contribution in [0.5, 0.6) is 5.75 Å². The Morgan fingerprint density at radius 3 is 2.27 bits per heavy atom. The van der Waals surface area contributed by atoms with Gasteiger partial charge in [0.05, 0.1) is 12.3 Å². The van der Waals surface area contributed by atoms with Gasteiger partial charge in [-0.3, -0.25) is 9.59 Å². The number of hydrogen-bond acceptors (Lipinski definition) is 4. The predicted molar refractivity (Wildman–Crippen MR) is 102 cm³/mol. The number of hydrogen-bond donors (Lipinski definition) is 2. The van der Waals surface area contributed by atoms with E-state index >= 15 is 0 Å². The van der Waals surface area contributed by atoms with Gasteiger partial charge in [-0.2, -0.15) is 5.10 Å². The molecule has 136 valence electrons. The number of nitrogens with one attached hydrogen (secondary N) is 2. The third-order valence-corrected chi connectivity index (χ3v) is 3.59. The molecule has 2 amide bonds. The van der Waals surface area contributed by atoms with Gasteiger partial charge in [-0.15, -0.1) is 0 Å². The minimum absolute atomic E-state index is 0.555. The van der Waals surface area contributed by atoms with E-state index in [0.717, 1.165) is 23.3 Å². The second-order valence-electron chi connectivity index (χ2n) is 5.83. The van der Waals surface area contributed by atoms with Crippen molar-refractivity contribution in [3.8, 4) is 5.75 Å². The van der Waals surface area contributed by atoms with E-state index in [-0.39, 0.29) is 0 Å². The summed E-state index contributed by atoms with van der Waals surface area (Å²) >= 11 is 0. The van der Waals surface area contributed by atoms with Gasteiger partial charge in [-0.05, 0) is 62.2 Å². The maximum atomic E-state index is 11.9. The smallest absolute Gasteiger partial charge is 0.329 e. The molecule has 6 nitrogen and oxygen atoms in total. The average molecular weight is 353 g/mol. The van der Waals surface area contributed by atoms with E-state index < -0.39 is 11.8 Å². The molecular weight excluding hydrogens is 330 g/mol. The van der Waals surface area contributed by atoms with Crippen LogP contribution in [0.1, 0.15) is 31.4 Å². The molecule has 0 aliphatic rings. The number of carbonyl (C=O) groups excluding carboxylic acids is 2. The maximum absolute atomic E-state index is 11.9. The van der Waals surface area contributed by atoms with Crippen LogP contribution in [0.4, 0.5) is 5.69 Å². The van der Waals surface area contributed by atoms with Crippen LogP contribution in [-0.2, 0) is 9.59 Å². The molecule has 0 heterocycles. The van der Waals surface area contributed by atoms with Crippen molar-refractivity contribution in [2.75, 3.05) is 11.9 Å². The molecule has 0 spiro atoms. The highest BCUT2D eigenvalue weighted by atomic mass is 16.5. The van der Waals surface area contributed by atoms with Gasteiger partial charge in [0.25, 0.3) is 0 Å². The van der Waals surface area contributed by atoms with Gasteiger partial charge in [0.2, 0.25) is 0 Å². The van der Waals surface area contributed by atoms with Gasteiger partial charge in [-0.1, -0.05) is 24.6 Å². The Balaban J connectivity index is 1.91. The van der Waals surface area contributed by atoms with Crippen molar-refractivity contribution in [3.05, 3.63) is 59.7 Å². The molecule has 0 fully saturated rings. The summed E-state index contributed by atoms with van der Waals surface area (Å²) in [6.07, 6.45) is 0.943. The van der Waals surface area contributed by atoms with Gasteiger partial charge in [0.1, 0.15) is 5.75 Å².